The summed E-state index contributed by atoms with van der Waals surface area (Å²) in [6, 6.07) is 27.8. The summed E-state index contributed by atoms with van der Waals surface area (Å²) >= 11 is 13.0. The van der Waals surface area contributed by atoms with Crippen molar-refractivity contribution in [1.29, 1.82) is 0 Å². The van der Waals surface area contributed by atoms with E-state index in [0.717, 1.165) is 22.2 Å². The van der Waals surface area contributed by atoms with Crippen molar-refractivity contribution in [2.75, 3.05) is 10.6 Å². The lowest BCUT2D eigenvalue weighted by atomic mass is 9.88. The van der Waals surface area contributed by atoms with E-state index in [2.05, 4.69) is 10.6 Å². The highest BCUT2D eigenvalue weighted by atomic mass is 35.5. The summed E-state index contributed by atoms with van der Waals surface area (Å²) < 4.78 is 6.70. The molecule has 0 fully saturated rings. The molecule has 3 heterocycles. The molecule has 1 aliphatic carbocycles. The van der Waals surface area contributed by atoms with Crippen molar-refractivity contribution in [3.8, 4) is 28.2 Å². The van der Waals surface area contributed by atoms with E-state index < -0.39 is 5.97 Å². The molecule has 11 heteroatoms. The van der Waals surface area contributed by atoms with Crippen molar-refractivity contribution >= 4 is 73.3 Å². The topological polar surface area (TPSA) is 138 Å². The van der Waals surface area contributed by atoms with E-state index in [1.807, 2.05) is 50.2 Å². The molecule has 0 unspecified atom stereocenters. The zero-order valence-corrected chi connectivity index (χ0v) is 29.9. The maximum Gasteiger partial charge on any atom is 0.336 e. The molecular weight excluding hydrogens is 711 g/mol. The van der Waals surface area contributed by atoms with E-state index in [4.69, 9.17) is 37.6 Å². The second-order valence-electron chi connectivity index (χ2n) is 12.8. The normalized spacial score (nSPS) is 11.5. The van der Waals surface area contributed by atoms with E-state index in [9.17, 15) is 19.8 Å². The van der Waals surface area contributed by atoms with E-state index >= 15 is 0 Å². The lowest BCUT2D eigenvalue weighted by molar-refractivity contribution is 0.0697. The summed E-state index contributed by atoms with van der Waals surface area (Å²) in [5, 5.41) is 31.6. The molecule has 9 nitrogen and oxygen atoms in total. The molecule has 6 aromatic rings. The average Bonchev–Trinajstić information content (AvgIpc) is 3.14. The molecule has 2 aliphatic rings. The first-order chi connectivity index (χ1) is 25.6. The maximum absolute atomic E-state index is 13.7. The highest BCUT2D eigenvalue weighted by Crippen LogP contribution is 2.45. The number of fused-ring (bicyclic) bond motifs is 4. The van der Waals surface area contributed by atoms with Crippen LogP contribution in [0.5, 0.6) is 5.75 Å². The SMILES string of the molecule is Cc1ccc2c(Cl)ccc(NCc3c4oc5c(CNc6ccc(Cl)c7ccc(C)nc67)c(O)ccc5c(-c5ccccc5C(=O)O)c-4ccc3=O)c2n1. The summed E-state index contributed by atoms with van der Waals surface area (Å²) in [5.74, 6) is -0.920. The van der Waals surface area contributed by atoms with Gasteiger partial charge in [-0.1, -0.05) is 41.4 Å². The van der Waals surface area contributed by atoms with Crippen LogP contribution in [-0.2, 0) is 13.1 Å². The number of nitrogens with one attached hydrogen (secondary N) is 2. The summed E-state index contributed by atoms with van der Waals surface area (Å²) in [7, 11) is 0. The predicted octanol–water partition coefficient (Wildman–Crippen LogP) is 10.2. The summed E-state index contributed by atoms with van der Waals surface area (Å²) in [6.45, 7) is 3.92. The van der Waals surface area contributed by atoms with Crippen LogP contribution in [-0.4, -0.2) is 26.2 Å². The van der Waals surface area contributed by atoms with Crippen molar-refractivity contribution in [2.45, 2.75) is 26.9 Å². The second kappa shape index (κ2) is 13.4. The number of hydrogen-bond acceptors (Lipinski definition) is 8. The first-order valence-corrected chi connectivity index (χ1v) is 17.5. The Morgan fingerprint density at radius 3 is 1.91 bits per heavy atom. The average molecular weight is 742 g/mol. The van der Waals surface area contributed by atoms with Gasteiger partial charge in [0.05, 0.1) is 49.1 Å². The van der Waals surface area contributed by atoms with E-state index in [0.29, 0.717) is 65.7 Å². The Morgan fingerprint density at radius 2 is 1.28 bits per heavy atom. The third-order valence-electron chi connectivity index (χ3n) is 9.42. The van der Waals surface area contributed by atoms with Gasteiger partial charge in [-0.3, -0.25) is 14.8 Å². The van der Waals surface area contributed by atoms with Crippen LogP contribution in [0.2, 0.25) is 10.0 Å². The van der Waals surface area contributed by atoms with Crippen LogP contribution in [0.4, 0.5) is 11.4 Å². The van der Waals surface area contributed by atoms with Crippen molar-refractivity contribution in [2.24, 2.45) is 0 Å². The van der Waals surface area contributed by atoms with Gasteiger partial charge in [0.2, 0.25) is 0 Å². The first kappa shape index (κ1) is 34.0. The highest BCUT2D eigenvalue weighted by Gasteiger charge is 2.26. The molecule has 1 aliphatic heterocycles. The molecule has 0 bridgehead atoms. The van der Waals surface area contributed by atoms with Crippen molar-refractivity contribution in [1.82, 2.24) is 9.97 Å². The minimum atomic E-state index is -1.11. The number of carboxylic acid groups (broad SMARTS) is 1. The summed E-state index contributed by atoms with van der Waals surface area (Å²) in [5.41, 5.74) is 6.57. The van der Waals surface area contributed by atoms with Crippen LogP contribution in [0.3, 0.4) is 0 Å². The molecule has 0 amide bonds. The predicted molar refractivity (Wildman–Crippen MR) is 211 cm³/mol. The molecule has 8 rings (SSSR count). The van der Waals surface area contributed by atoms with Gasteiger partial charge >= 0.3 is 5.97 Å². The molecule has 4 N–H and O–H groups in total. The van der Waals surface area contributed by atoms with Crippen LogP contribution in [0.15, 0.2) is 106 Å². The quantitative estimate of drug-likeness (QED) is 0.112. The summed E-state index contributed by atoms with van der Waals surface area (Å²) in [4.78, 5) is 35.7. The molecular formula is C42H30Cl2N4O5. The largest absolute Gasteiger partial charge is 0.507 e. The number of phenols is 1. The number of rotatable bonds is 8. The van der Waals surface area contributed by atoms with Crippen molar-refractivity contribution < 1.29 is 19.4 Å². The number of anilines is 2. The van der Waals surface area contributed by atoms with Crippen LogP contribution < -0.4 is 16.1 Å². The Morgan fingerprint density at radius 1 is 0.698 bits per heavy atom. The fraction of sp³-hybridized carbons (Fsp3) is 0.0952. The van der Waals surface area contributed by atoms with Gasteiger partial charge in [-0.25, -0.2) is 4.79 Å². The van der Waals surface area contributed by atoms with Gasteiger partial charge in [-0.15, -0.1) is 0 Å². The minimum Gasteiger partial charge on any atom is -0.507 e. The van der Waals surface area contributed by atoms with Crippen LogP contribution >= 0.6 is 23.2 Å². The molecule has 262 valence electrons. The number of aromatic hydroxyl groups is 1. The lowest BCUT2D eigenvalue weighted by Gasteiger charge is -2.21. The first-order valence-electron chi connectivity index (χ1n) is 16.7. The van der Waals surface area contributed by atoms with Gasteiger partial charge in [0.15, 0.2) is 5.43 Å². The van der Waals surface area contributed by atoms with Gasteiger partial charge < -0.3 is 25.3 Å². The number of carboxylic acids is 1. The van der Waals surface area contributed by atoms with Crippen molar-refractivity contribution in [3.63, 3.8) is 0 Å². The number of aromatic nitrogens is 2. The Kier molecular flexibility index (Phi) is 8.60. The molecule has 0 saturated carbocycles. The van der Waals surface area contributed by atoms with Gasteiger partial charge in [0, 0.05) is 51.8 Å². The number of carbonyl (C=O) groups is 1. The number of nitrogens with zero attached hydrogens (tertiary/aromatic N) is 2. The number of phenolic OH excluding ortho intramolecular Hbond substituents is 1. The smallest absolute Gasteiger partial charge is 0.336 e. The van der Waals surface area contributed by atoms with Crippen molar-refractivity contribution in [3.05, 3.63) is 145 Å². The lowest BCUT2D eigenvalue weighted by Crippen LogP contribution is -2.15. The molecule has 2 aromatic heterocycles. The van der Waals surface area contributed by atoms with E-state index in [1.54, 1.807) is 48.5 Å². The molecule has 53 heavy (non-hydrogen) atoms. The third kappa shape index (κ3) is 6.03. The van der Waals surface area contributed by atoms with Gasteiger partial charge in [0.25, 0.3) is 0 Å². The Labute approximate surface area is 312 Å². The number of aromatic carboxylic acids is 1. The second-order valence-corrected chi connectivity index (χ2v) is 13.6. The number of halogens is 2. The Hall–Kier alpha value is -6.16. The zero-order valence-electron chi connectivity index (χ0n) is 28.4. The standard InChI is InChI=1S/C42H30Cl2N4O5/c1-21-7-9-25-31(43)13-15-33(38(25)47-21)45-19-29-35(49)17-11-27-37(23-5-3-4-6-24(23)42(51)52)28-12-18-36(50)30(41(28)53-40(27)29)20-46-34-16-14-32(44)26-10-8-22(2)48-39(26)34/h3-18,45-46,49H,19-20H2,1-2H3,(H,51,52). The minimum absolute atomic E-state index is 0.0474. The fourth-order valence-corrected chi connectivity index (χ4v) is 7.26. The monoisotopic (exact) mass is 740 g/mol. The van der Waals surface area contributed by atoms with Crippen LogP contribution in [0.25, 0.3) is 55.2 Å². The molecule has 0 atom stereocenters. The third-order valence-corrected chi connectivity index (χ3v) is 10.1. The van der Waals surface area contributed by atoms with E-state index in [-0.39, 0.29) is 41.2 Å². The molecule has 4 aromatic carbocycles. The Balaban J connectivity index is 1.33. The number of benzene rings is 5. The maximum atomic E-state index is 13.7. The molecule has 0 radical (unpaired) electrons. The Bertz CT molecular complexity index is 2820. The molecule has 0 saturated heterocycles. The number of hydrogen-bond donors (Lipinski definition) is 4. The van der Waals surface area contributed by atoms with Crippen LogP contribution in [0, 0.1) is 13.8 Å². The van der Waals surface area contributed by atoms with E-state index in [1.165, 1.54) is 12.1 Å². The zero-order chi connectivity index (χ0) is 37.0. The molecule has 0 spiro atoms. The fourth-order valence-electron chi connectivity index (χ4n) is 6.83. The number of pyridine rings is 2. The van der Waals surface area contributed by atoms with Gasteiger partial charge in [-0.05, 0) is 98.3 Å². The highest BCUT2D eigenvalue weighted by molar-refractivity contribution is 6.36. The van der Waals surface area contributed by atoms with Gasteiger partial charge in [-0.2, -0.15) is 0 Å². The summed E-state index contributed by atoms with van der Waals surface area (Å²) in [6.07, 6.45) is 0. The number of aryl methyl sites for hydroxylation is 2. The van der Waals surface area contributed by atoms with Crippen LogP contribution in [0.1, 0.15) is 32.9 Å². The van der Waals surface area contributed by atoms with Gasteiger partial charge in [0.1, 0.15) is 17.1 Å².